The van der Waals surface area contributed by atoms with E-state index in [0.717, 1.165) is 0 Å². The van der Waals surface area contributed by atoms with Gasteiger partial charge in [0.1, 0.15) is 10.3 Å². The molecule has 122 valence electrons. The van der Waals surface area contributed by atoms with Gasteiger partial charge < -0.3 is 0 Å². The van der Waals surface area contributed by atoms with Crippen molar-refractivity contribution in [2.75, 3.05) is 0 Å². The lowest BCUT2D eigenvalue weighted by Gasteiger charge is -2.34. The van der Waals surface area contributed by atoms with E-state index in [2.05, 4.69) is 4.99 Å². The fraction of sp³-hybridized carbons (Fsp3) is 0.353. The number of amides is 1. The number of halogens is 3. The highest BCUT2D eigenvalue weighted by Gasteiger charge is 2.49. The number of nitrogens with zero attached hydrogens (tertiary/aromatic N) is 1. The van der Waals surface area contributed by atoms with Crippen molar-refractivity contribution in [1.82, 2.24) is 0 Å². The van der Waals surface area contributed by atoms with Gasteiger partial charge in [0, 0.05) is 11.1 Å². The van der Waals surface area contributed by atoms with Gasteiger partial charge in [0.25, 0.3) is 5.91 Å². The zero-order chi connectivity index (χ0) is 17.4. The molecule has 0 spiro atoms. The van der Waals surface area contributed by atoms with E-state index in [1.165, 1.54) is 6.92 Å². The average Bonchev–Trinajstić information content (AvgIpc) is 2.51. The van der Waals surface area contributed by atoms with E-state index in [1.807, 2.05) is 13.8 Å². The van der Waals surface area contributed by atoms with Crippen molar-refractivity contribution in [3.63, 3.8) is 0 Å². The van der Waals surface area contributed by atoms with Gasteiger partial charge >= 0.3 is 0 Å². The van der Waals surface area contributed by atoms with Gasteiger partial charge in [-0.05, 0) is 25.0 Å². The number of carbonyl (C=O) groups is 2. The van der Waals surface area contributed by atoms with Crippen LogP contribution in [0.5, 0.6) is 0 Å². The second kappa shape index (κ2) is 6.76. The van der Waals surface area contributed by atoms with Crippen molar-refractivity contribution >= 4 is 52.2 Å². The van der Waals surface area contributed by atoms with E-state index >= 15 is 0 Å². The summed E-state index contributed by atoms with van der Waals surface area (Å²) in [4.78, 5) is 27.4. The summed E-state index contributed by atoms with van der Waals surface area (Å²) in [7, 11) is 0. The van der Waals surface area contributed by atoms with Gasteiger partial charge in [0.15, 0.2) is 5.78 Å². The van der Waals surface area contributed by atoms with Crippen molar-refractivity contribution < 1.29 is 9.59 Å². The van der Waals surface area contributed by atoms with Crippen molar-refractivity contribution in [3.8, 4) is 0 Å². The Morgan fingerprint density at radius 1 is 1.26 bits per heavy atom. The Morgan fingerprint density at radius 3 is 2.35 bits per heavy atom. The Labute approximate surface area is 150 Å². The highest BCUT2D eigenvalue weighted by atomic mass is 35.5. The molecular weight excluding hydrogens is 357 g/mol. The van der Waals surface area contributed by atoms with Crippen molar-refractivity contribution in [2.24, 2.45) is 10.9 Å². The minimum absolute atomic E-state index is 0.00554. The lowest BCUT2D eigenvalue weighted by atomic mass is 9.82. The summed E-state index contributed by atoms with van der Waals surface area (Å²) < 4.78 is 0. The Bertz CT molecular complexity index is 706. The standard InChI is InChI=1S/C17H16Cl3NO2/c1-9(2)11-12(18)15(22)17(3,20)14(19)13(11)21-16(23)10-7-5-4-6-8-10/h4-9,14H,1-3H3. The maximum absolute atomic E-state index is 12.4. The summed E-state index contributed by atoms with van der Waals surface area (Å²) in [5, 5.41) is -0.946. The minimum Gasteiger partial charge on any atom is -0.291 e. The highest BCUT2D eigenvalue weighted by Crippen LogP contribution is 2.40. The molecule has 0 N–H and O–H groups in total. The predicted molar refractivity (Wildman–Crippen MR) is 94.8 cm³/mol. The molecule has 2 rings (SSSR count). The number of carbonyl (C=O) groups excluding carboxylic acids is 2. The Balaban J connectivity index is 2.59. The molecule has 1 aromatic carbocycles. The van der Waals surface area contributed by atoms with Crippen LogP contribution in [0.4, 0.5) is 0 Å². The van der Waals surface area contributed by atoms with Crippen molar-refractivity contribution in [2.45, 2.75) is 31.0 Å². The van der Waals surface area contributed by atoms with Gasteiger partial charge in [-0.3, -0.25) is 9.59 Å². The highest BCUT2D eigenvalue weighted by molar-refractivity contribution is 6.59. The lowest BCUT2D eigenvalue weighted by molar-refractivity contribution is -0.117. The predicted octanol–water partition coefficient (Wildman–Crippen LogP) is 4.60. The smallest absolute Gasteiger partial charge is 0.277 e. The quantitative estimate of drug-likeness (QED) is 0.712. The number of hydrogen-bond acceptors (Lipinski definition) is 2. The van der Waals surface area contributed by atoms with Crippen LogP contribution in [0.1, 0.15) is 31.1 Å². The molecule has 2 atom stereocenters. The number of hydrogen-bond donors (Lipinski definition) is 0. The van der Waals surface area contributed by atoms with Gasteiger partial charge in [-0.15, -0.1) is 23.2 Å². The molecule has 6 heteroatoms. The third-order valence-corrected chi connectivity index (χ3v) is 5.21. The number of alkyl halides is 2. The molecule has 1 aromatic rings. The molecule has 0 saturated carbocycles. The SMILES string of the molecule is CC(C)C1=C(Cl)C(=O)C(C)(Cl)C(Cl)C1=NC(=O)c1ccccc1. The van der Waals surface area contributed by atoms with Gasteiger partial charge in [0.2, 0.25) is 0 Å². The molecule has 0 bridgehead atoms. The molecule has 1 aliphatic rings. The first-order valence-corrected chi connectivity index (χ1v) is 8.33. The summed E-state index contributed by atoms with van der Waals surface area (Å²) in [6, 6.07) is 8.61. The Kier molecular flexibility index (Phi) is 5.34. The molecule has 0 radical (unpaired) electrons. The van der Waals surface area contributed by atoms with Crippen LogP contribution in [0.25, 0.3) is 0 Å². The topological polar surface area (TPSA) is 46.5 Å². The van der Waals surface area contributed by atoms with Crippen LogP contribution in [0.2, 0.25) is 0 Å². The summed E-state index contributed by atoms with van der Waals surface area (Å²) in [6.07, 6.45) is 0. The van der Waals surface area contributed by atoms with Crippen LogP contribution in [0, 0.1) is 5.92 Å². The third-order valence-electron chi connectivity index (χ3n) is 3.69. The molecular formula is C17H16Cl3NO2. The molecule has 3 nitrogen and oxygen atoms in total. The maximum Gasteiger partial charge on any atom is 0.277 e. The molecule has 1 amide bonds. The molecule has 0 heterocycles. The molecule has 1 aliphatic carbocycles. The first-order valence-electron chi connectivity index (χ1n) is 7.13. The van der Waals surface area contributed by atoms with Gasteiger partial charge in [-0.1, -0.05) is 43.6 Å². The zero-order valence-corrected chi connectivity index (χ0v) is 15.2. The number of rotatable bonds is 2. The molecule has 23 heavy (non-hydrogen) atoms. The first-order chi connectivity index (χ1) is 10.7. The normalized spacial score (nSPS) is 27.0. The Hall–Kier alpha value is -1.16. The molecule has 0 aliphatic heterocycles. The van der Waals surface area contributed by atoms with Crippen LogP contribution >= 0.6 is 34.8 Å². The van der Waals surface area contributed by atoms with Gasteiger partial charge in [0.05, 0.1) is 10.7 Å². The number of aliphatic imine (C=N–C) groups is 1. The fourth-order valence-electron chi connectivity index (χ4n) is 2.38. The summed E-state index contributed by atoms with van der Waals surface area (Å²) >= 11 is 18.8. The van der Waals surface area contributed by atoms with E-state index in [1.54, 1.807) is 30.3 Å². The number of ketones is 1. The van der Waals surface area contributed by atoms with Crippen molar-refractivity contribution in [1.29, 1.82) is 0 Å². The van der Waals surface area contributed by atoms with E-state index in [-0.39, 0.29) is 16.7 Å². The molecule has 0 fully saturated rings. The zero-order valence-electron chi connectivity index (χ0n) is 12.9. The second-order valence-electron chi connectivity index (χ2n) is 5.82. The van der Waals surface area contributed by atoms with E-state index < -0.39 is 21.9 Å². The van der Waals surface area contributed by atoms with Crippen LogP contribution in [-0.2, 0) is 4.79 Å². The largest absolute Gasteiger partial charge is 0.291 e. The average molecular weight is 373 g/mol. The van der Waals surface area contributed by atoms with E-state index in [0.29, 0.717) is 11.1 Å². The Morgan fingerprint density at radius 2 is 1.83 bits per heavy atom. The molecule has 0 saturated heterocycles. The summed E-state index contributed by atoms with van der Waals surface area (Å²) in [5.41, 5.74) is 1.16. The molecule has 0 aromatic heterocycles. The third kappa shape index (κ3) is 3.37. The van der Waals surface area contributed by atoms with Crippen LogP contribution in [0.15, 0.2) is 45.9 Å². The van der Waals surface area contributed by atoms with E-state index in [9.17, 15) is 9.59 Å². The number of benzene rings is 1. The van der Waals surface area contributed by atoms with Crippen molar-refractivity contribution in [3.05, 3.63) is 46.5 Å². The summed E-state index contributed by atoms with van der Waals surface area (Å²) in [5.74, 6) is -1.02. The van der Waals surface area contributed by atoms with Gasteiger partial charge in [-0.2, -0.15) is 0 Å². The van der Waals surface area contributed by atoms with Crippen LogP contribution in [-0.4, -0.2) is 27.7 Å². The monoisotopic (exact) mass is 371 g/mol. The summed E-state index contributed by atoms with van der Waals surface area (Å²) in [6.45, 7) is 5.19. The minimum atomic E-state index is -1.44. The molecule has 2 unspecified atom stereocenters. The number of allylic oxidation sites excluding steroid dienone is 2. The van der Waals surface area contributed by atoms with E-state index in [4.69, 9.17) is 34.8 Å². The second-order valence-corrected chi connectivity index (χ2v) is 7.42. The van der Waals surface area contributed by atoms with Gasteiger partial charge in [-0.25, -0.2) is 4.99 Å². The fourth-order valence-corrected chi connectivity index (χ4v) is 3.40. The van der Waals surface area contributed by atoms with Crippen LogP contribution < -0.4 is 0 Å². The lowest BCUT2D eigenvalue weighted by Crippen LogP contribution is -2.49. The van der Waals surface area contributed by atoms with Crippen LogP contribution in [0.3, 0.4) is 0 Å². The first kappa shape index (κ1) is 18.2. The number of Topliss-reactive ketones (excluding diaryl/α,β-unsaturated/α-hetero) is 1. The maximum atomic E-state index is 12.4.